The highest BCUT2D eigenvalue weighted by molar-refractivity contribution is 5.83. The summed E-state index contributed by atoms with van der Waals surface area (Å²) in [7, 11) is 0. The van der Waals surface area contributed by atoms with Crippen molar-refractivity contribution in [3.63, 3.8) is 0 Å². The summed E-state index contributed by atoms with van der Waals surface area (Å²) in [4.78, 5) is 22.5. The molecule has 1 amide bonds. The van der Waals surface area contributed by atoms with Crippen molar-refractivity contribution in [1.29, 1.82) is 0 Å². The van der Waals surface area contributed by atoms with Crippen molar-refractivity contribution in [1.82, 2.24) is 5.32 Å². The lowest BCUT2D eigenvalue weighted by Gasteiger charge is -2.20. The molecule has 0 bridgehead atoms. The largest absolute Gasteiger partial charge is 0.480 e. The van der Waals surface area contributed by atoms with Crippen LogP contribution in [0, 0.1) is 11.8 Å². The zero-order valence-corrected chi connectivity index (χ0v) is 10.2. The van der Waals surface area contributed by atoms with Crippen molar-refractivity contribution < 1.29 is 14.7 Å². The van der Waals surface area contributed by atoms with Gasteiger partial charge in [0, 0.05) is 6.42 Å². The maximum Gasteiger partial charge on any atom is 0.326 e. The third-order valence-corrected chi connectivity index (χ3v) is 2.73. The molecule has 0 aliphatic rings. The van der Waals surface area contributed by atoms with Crippen molar-refractivity contribution in [2.45, 2.75) is 39.7 Å². The van der Waals surface area contributed by atoms with E-state index in [1.165, 1.54) is 0 Å². The molecule has 0 aliphatic heterocycles. The van der Waals surface area contributed by atoms with E-state index >= 15 is 0 Å². The fourth-order valence-corrected chi connectivity index (χ4v) is 1.32. The molecule has 5 nitrogen and oxygen atoms in total. The number of nitrogens with two attached hydrogens (primary N) is 1. The summed E-state index contributed by atoms with van der Waals surface area (Å²) >= 11 is 0. The molecule has 5 heteroatoms. The van der Waals surface area contributed by atoms with Gasteiger partial charge in [0.15, 0.2) is 0 Å². The predicted octanol–water partition coefficient (Wildman–Crippen LogP) is 0.587. The van der Waals surface area contributed by atoms with Gasteiger partial charge in [-0.1, -0.05) is 27.2 Å². The smallest absolute Gasteiger partial charge is 0.326 e. The van der Waals surface area contributed by atoms with Crippen LogP contribution in [0.15, 0.2) is 0 Å². The van der Waals surface area contributed by atoms with Crippen LogP contribution in [0.2, 0.25) is 0 Å². The van der Waals surface area contributed by atoms with E-state index in [9.17, 15) is 9.59 Å². The van der Waals surface area contributed by atoms with Gasteiger partial charge in [-0.15, -0.1) is 0 Å². The highest BCUT2D eigenvalue weighted by Gasteiger charge is 2.25. The molecule has 0 fully saturated rings. The average molecular weight is 230 g/mol. The van der Waals surface area contributed by atoms with Crippen LogP contribution in [0.1, 0.15) is 33.6 Å². The maximum atomic E-state index is 11.5. The minimum Gasteiger partial charge on any atom is -0.480 e. The van der Waals surface area contributed by atoms with Gasteiger partial charge in [-0.3, -0.25) is 4.79 Å². The van der Waals surface area contributed by atoms with Crippen molar-refractivity contribution in [2.75, 3.05) is 6.54 Å². The number of hydrogen-bond acceptors (Lipinski definition) is 3. The van der Waals surface area contributed by atoms with E-state index in [1.807, 2.05) is 20.8 Å². The van der Waals surface area contributed by atoms with Crippen molar-refractivity contribution in [2.24, 2.45) is 17.6 Å². The second-order valence-corrected chi connectivity index (χ2v) is 4.31. The molecular weight excluding hydrogens is 208 g/mol. The quantitative estimate of drug-likeness (QED) is 0.596. The van der Waals surface area contributed by atoms with Crippen LogP contribution in [-0.4, -0.2) is 29.6 Å². The predicted molar refractivity (Wildman–Crippen MR) is 61.9 cm³/mol. The Morgan fingerprint density at radius 2 is 1.94 bits per heavy atom. The number of carbonyl (C=O) groups excluding carboxylic acids is 1. The molecule has 4 N–H and O–H groups in total. The van der Waals surface area contributed by atoms with E-state index in [0.717, 1.165) is 0 Å². The molecule has 0 aromatic rings. The molecule has 0 aromatic carbocycles. The first-order valence-corrected chi connectivity index (χ1v) is 5.64. The first-order chi connectivity index (χ1) is 7.42. The van der Waals surface area contributed by atoms with Crippen LogP contribution in [0.5, 0.6) is 0 Å². The zero-order chi connectivity index (χ0) is 12.7. The molecule has 94 valence electrons. The Hall–Kier alpha value is -1.10. The summed E-state index contributed by atoms with van der Waals surface area (Å²) in [5.41, 5.74) is 5.40. The highest BCUT2D eigenvalue weighted by Crippen LogP contribution is 2.09. The molecule has 0 radical (unpaired) electrons. The van der Waals surface area contributed by atoms with Gasteiger partial charge in [-0.2, -0.15) is 0 Å². The van der Waals surface area contributed by atoms with Crippen LogP contribution in [0.25, 0.3) is 0 Å². The van der Waals surface area contributed by atoms with Crippen molar-refractivity contribution in [3.8, 4) is 0 Å². The molecule has 0 aromatic heterocycles. The maximum absolute atomic E-state index is 11.5. The summed E-state index contributed by atoms with van der Waals surface area (Å²) in [5, 5.41) is 11.5. The summed E-state index contributed by atoms with van der Waals surface area (Å²) in [6.07, 6.45) is 0.987. The van der Waals surface area contributed by atoms with E-state index < -0.39 is 12.0 Å². The van der Waals surface area contributed by atoms with Crippen LogP contribution in [0.4, 0.5) is 0 Å². The number of hydrogen-bond donors (Lipinski definition) is 3. The Morgan fingerprint density at radius 1 is 1.38 bits per heavy atom. The molecule has 0 rings (SSSR count). The minimum atomic E-state index is -0.983. The molecule has 0 heterocycles. The Morgan fingerprint density at radius 3 is 2.31 bits per heavy atom. The van der Waals surface area contributed by atoms with Crippen LogP contribution < -0.4 is 11.1 Å². The SMILES string of the molecule is CCC(C)[C@H](NC(=O)CC(C)CN)C(=O)O. The molecule has 0 aliphatic carbocycles. The first-order valence-electron chi connectivity index (χ1n) is 5.64. The lowest BCUT2D eigenvalue weighted by Crippen LogP contribution is -2.45. The molecule has 2 unspecified atom stereocenters. The summed E-state index contributed by atoms with van der Waals surface area (Å²) in [6, 6.07) is -0.803. The van der Waals surface area contributed by atoms with Crippen molar-refractivity contribution >= 4 is 11.9 Å². The Bertz CT molecular complexity index is 243. The second-order valence-electron chi connectivity index (χ2n) is 4.31. The van der Waals surface area contributed by atoms with Gasteiger partial charge in [-0.05, 0) is 18.4 Å². The fourth-order valence-electron chi connectivity index (χ4n) is 1.32. The molecule has 0 saturated heterocycles. The van der Waals surface area contributed by atoms with Gasteiger partial charge >= 0.3 is 5.97 Å². The normalized spacial score (nSPS) is 16.2. The average Bonchev–Trinajstić information content (AvgIpc) is 2.24. The lowest BCUT2D eigenvalue weighted by molar-refractivity contribution is -0.143. The fraction of sp³-hybridized carbons (Fsp3) is 0.818. The zero-order valence-electron chi connectivity index (χ0n) is 10.2. The lowest BCUT2D eigenvalue weighted by atomic mass is 9.98. The molecule has 0 spiro atoms. The first kappa shape index (κ1) is 14.9. The van der Waals surface area contributed by atoms with Crippen LogP contribution in [-0.2, 0) is 9.59 Å². The number of carboxylic acids is 1. The number of aliphatic carboxylic acids is 1. The van der Waals surface area contributed by atoms with Gasteiger partial charge < -0.3 is 16.2 Å². The number of rotatable bonds is 7. The third kappa shape index (κ3) is 5.11. The number of amides is 1. The van der Waals surface area contributed by atoms with Gasteiger partial charge in [0.1, 0.15) is 6.04 Å². The van der Waals surface area contributed by atoms with Crippen LogP contribution >= 0.6 is 0 Å². The van der Waals surface area contributed by atoms with Gasteiger partial charge in [0.05, 0.1) is 0 Å². The topological polar surface area (TPSA) is 92.4 Å². The molecule has 0 saturated carbocycles. The molecular formula is C11H22N2O3. The summed E-state index contributed by atoms with van der Waals surface area (Å²) in [6.45, 7) is 5.99. The third-order valence-electron chi connectivity index (χ3n) is 2.73. The molecule has 3 atom stereocenters. The Balaban J connectivity index is 4.30. The Labute approximate surface area is 96.4 Å². The van der Waals surface area contributed by atoms with Crippen LogP contribution in [0.3, 0.4) is 0 Å². The van der Waals surface area contributed by atoms with E-state index in [-0.39, 0.29) is 24.2 Å². The minimum absolute atomic E-state index is 0.0744. The van der Waals surface area contributed by atoms with Gasteiger partial charge in [0.25, 0.3) is 0 Å². The molecule has 16 heavy (non-hydrogen) atoms. The second kappa shape index (κ2) is 7.22. The van der Waals surface area contributed by atoms with Gasteiger partial charge in [0.2, 0.25) is 5.91 Å². The number of nitrogens with one attached hydrogen (secondary N) is 1. The summed E-state index contributed by atoms with van der Waals surface area (Å²) in [5.74, 6) is -1.23. The monoisotopic (exact) mass is 230 g/mol. The van der Waals surface area contributed by atoms with Crippen molar-refractivity contribution in [3.05, 3.63) is 0 Å². The summed E-state index contributed by atoms with van der Waals surface area (Å²) < 4.78 is 0. The number of carbonyl (C=O) groups is 2. The van der Waals surface area contributed by atoms with E-state index in [2.05, 4.69) is 5.32 Å². The van der Waals surface area contributed by atoms with E-state index in [1.54, 1.807) is 0 Å². The van der Waals surface area contributed by atoms with E-state index in [0.29, 0.717) is 13.0 Å². The van der Waals surface area contributed by atoms with E-state index in [4.69, 9.17) is 10.8 Å². The Kier molecular flexibility index (Phi) is 6.72. The number of carboxylic acid groups (broad SMARTS) is 1. The highest BCUT2D eigenvalue weighted by atomic mass is 16.4. The van der Waals surface area contributed by atoms with Gasteiger partial charge in [-0.25, -0.2) is 4.79 Å². The standard InChI is InChI=1S/C11H22N2O3/c1-4-8(3)10(11(15)16)13-9(14)5-7(2)6-12/h7-8,10H,4-6,12H2,1-3H3,(H,13,14)(H,15,16)/t7?,8?,10-/m0/s1.